The second-order valence-electron chi connectivity index (χ2n) is 4.79. The lowest BCUT2D eigenvalue weighted by Crippen LogP contribution is -2.31. The largest absolute Gasteiger partial charge is 0.476 e. The number of ether oxygens (including phenoxy) is 1. The van der Waals surface area contributed by atoms with Crippen molar-refractivity contribution < 1.29 is 19.7 Å². The van der Waals surface area contributed by atoms with E-state index in [-0.39, 0.29) is 18.9 Å². The Labute approximate surface area is 125 Å². The van der Waals surface area contributed by atoms with E-state index in [2.05, 4.69) is 20.2 Å². The van der Waals surface area contributed by atoms with Crippen molar-refractivity contribution in [2.45, 2.75) is 13.0 Å². The molecule has 9 nitrogen and oxygen atoms in total. The van der Waals surface area contributed by atoms with Gasteiger partial charge in [0.2, 0.25) is 5.88 Å². The molecule has 0 bridgehead atoms. The summed E-state index contributed by atoms with van der Waals surface area (Å²) in [6.07, 6.45) is 3.71. The predicted molar refractivity (Wildman–Crippen MR) is 74.9 cm³/mol. The van der Waals surface area contributed by atoms with Gasteiger partial charge in [-0.15, -0.1) is 0 Å². The van der Waals surface area contributed by atoms with Crippen molar-refractivity contribution in [2.24, 2.45) is 0 Å². The van der Waals surface area contributed by atoms with E-state index in [1.165, 1.54) is 6.20 Å². The van der Waals surface area contributed by atoms with Crippen molar-refractivity contribution in [3.8, 4) is 5.88 Å². The number of aromatic nitrogens is 4. The van der Waals surface area contributed by atoms with Crippen LogP contribution in [0.3, 0.4) is 0 Å². The fourth-order valence-corrected chi connectivity index (χ4v) is 2.38. The van der Waals surface area contributed by atoms with E-state index in [0.717, 1.165) is 5.69 Å². The van der Waals surface area contributed by atoms with Crippen molar-refractivity contribution >= 4 is 11.8 Å². The second-order valence-corrected chi connectivity index (χ2v) is 4.79. The number of carboxylic acid groups (broad SMARTS) is 1. The molecule has 0 amide bonds. The number of nitrogens with one attached hydrogen (secondary N) is 1. The molecule has 22 heavy (non-hydrogen) atoms. The van der Waals surface area contributed by atoms with Gasteiger partial charge in [0, 0.05) is 30.8 Å². The van der Waals surface area contributed by atoms with Crippen LogP contribution in [0.15, 0.2) is 12.4 Å². The Morgan fingerprint density at radius 2 is 2.32 bits per heavy atom. The Morgan fingerprint density at radius 1 is 1.45 bits per heavy atom. The molecule has 0 aliphatic carbocycles. The summed E-state index contributed by atoms with van der Waals surface area (Å²) in [4.78, 5) is 21.5. The van der Waals surface area contributed by atoms with Gasteiger partial charge >= 0.3 is 5.97 Å². The van der Waals surface area contributed by atoms with E-state index in [9.17, 15) is 4.79 Å². The van der Waals surface area contributed by atoms with Gasteiger partial charge in [0.1, 0.15) is 6.61 Å². The molecule has 1 aliphatic rings. The highest BCUT2D eigenvalue weighted by Crippen LogP contribution is 2.24. The van der Waals surface area contributed by atoms with Crippen molar-refractivity contribution in [1.82, 2.24) is 20.2 Å². The summed E-state index contributed by atoms with van der Waals surface area (Å²) in [5.74, 6) is -0.132. The Balaban J connectivity index is 1.82. The van der Waals surface area contributed by atoms with Gasteiger partial charge in [0.15, 0.2) is 11.5 Å². The van der Waals surface area contributed by atoms with Crippen LogP contribution in [0.25, 0.3) is 0 Å². The van der Waals surface area contributed by atoms with Crippen LogP contribution in [-0.2, 0) is 13.0 Å². The van der Waals surface area contributed by atoms with Crippen LogP contribution < -0.4 is 9.64 Å². The van der Waals surface area contributed by atoms with Crippen molar-refractivity contribution in [3.05, 3.63) is 29.3 Å². The minimum Gasteiger partial charge on any atom is -0.476 e. The third-order valence-corrected chi connectivity index (χ3v) is 3.40. The molecule has 2 aromatic rings. The van der Waals surface area contributed by atoms with Crippen LogP contribution in [0.4, 0.5) is 5.82 Å². The number of rotatable bonds is 5. The van der Waals surface area contributed by atoms with E-state index in [0.29, 0.717) is 36.8 Å². The smallest absolute Gasteiger partial charge is 0.356 e. The molecule has 116 valence electrons. The molecule has 0 spiro atoms. The van der Waals surface area contributed by atoms with Crippen molar-refractivity contribution in [1.29, 1.82) is 0 Å². The number of aliphatic hydroxyl groups is 1. The number of aromatic amines is 1. The van der Waals surface area contributed by atoms with Gasteiger partial charge in [-0.3, -0.25) is 10.1 Å². The lowest BCUT2D eigenvalue weighted by atomic mass is 10.1. The Morgan fingerprint density at radius 3 is 3.09 bits per heavy atom. The lowest BCUT2D eigenvalue weighted by molar-refractivity contribution is 0.0689. The topological polar surface area (TPSA) is 124 Å². The van der Waals surface area contributed by atoms with Gasteiger partial charge < -0.3 is 19.8 Å². The van der Waals surface area contributed by atoms with Gasteiger partial charge in [0.25, 0.3) is 0 Å². The molecule has 0 atom stereocenters. The Kier molecular flexibility index (Phi) is 3.88. The number of hydrogen-bond donors (Lipinski definition) is 3. The molecule has 9 heteroatoms. The maximum atomic E-state index is 11.2. The fourth-order valence-electron chi connectivity index (χ4n) is 2.38. The lowest BCUT2D eigenvalue weighted by Gasteiger charge is -2.27. The average molecular weight is 305 g/mol. The first kappa shape index (κ1) is 14.3. The Hall–Kier alpha value is -2.68. The van der Waals surface area contributed by atoms with Crippen LogP contribution in [0.5, 0.6) is 5.88 Å². The molecule has 3 heterocycles. The third kappa shape index (κ3) is 2.70. The number of fused-ring (bicyclic) bond motifs is 1. The molecular weight excluding hydrogens is 290 g/mol. The monoisotopic (exact) mass is 305 g/mol. The molecule has 0 unspecified atom stereocenters. The van der Waals surface area contributed by atoms with Gasteiger partial charge in [-0.25, -0.2) is 4.79 Å². The van der Waals surface area contributed by atoms with Crippen LogP contribution in [-0.4, -0.2) is 56.1 Å². The first-order valence-corrected chi connectivity index (χ1v) is 6.79. The minimum absolute atomic E-state index is 0.0420. The highest BCUT2D eigenvalue weighted by Gasteiger charge is 2.26. The summed E-state index contributed by atoms with van der Waals surface area (Å²) < 4.78 is 5.24. The number of nitrogens with zero attached hydrogens (tertiary/aromatic N) is 4. The molecule has 2 aromatic heterocycles. The number of aliphatic hydroxyl groups excluding tert-OH is 1. The highest BCUT2D eigenvalue weighted by atomic mass is 16.5. The molecule has 0 radical (unpaired) electrons. The molecule has 0 aromatic carbocycles. The molecule has 3 N–H and O–H groups in total. The second kappa shape index (κ2) is 5.98. The normalized spacial score (nSPS) is 13.8. The number of H-pyrrole nitrogens is 1. The Bertz CT molecular complexity index is 687. The summed E-state index contributed by atoms with van der Waals surface area (Å²) in [5.41, 5.74) is 1.55. The van der Waals surface area contributed by atoms with E-state index >= 15 is 0 Å². The summed E-state index contributed by atoms with van der Waals surface area (Å²) in [6.45, 7) is 1.11. The molecule has 0 saturated carbocycles. The van der Waals surface area contributed by atoms with Crippen molar-refractivity contribution in [2.75, 3.05) is 24.7 Å². The quantitative estimate of drug-likeness (QED) is 0.695. The summed E-state index contributed by atoms with van der Waals surface area (Å²) in [7, 11) is 0. The summed E-state index contributed by atoms with van der Waals surface area (Å²) in [5, 5.41) is 24.5. The number of carboxylic acids is 1. The van der Waals surface area contributed by atoms with Crippen LogP contribution in [0.1, 0.15) is 21.7 Å². The number of carbonyl (C=O) groups is 1. The standard InChI is InChI=1S/C13H15N5O4/c19-3-4-22-11-6-14-5-10(15-11)18-2-1-9-8(7-18)12(13(20)21)17-16-9/h5-6,19H,1-4,7H2,(H,16,17)(H,20,21). The van der Waals surface area contributed by atoms with Gasteiger partial charge in [-0.2, -0.15) is 10.1 Å². The molecule has 0 saturated heterocycles. The van der Waals surface area contributed by atoms with E-state index < -0.39 is 5.97 Å². The van der Waals surface area contributed by atoms with Crippen molar-refractivity contribution in [3.63, 3.8) is 0 Å². The molecule has 0 fully saturated rings. The third-order valence-electron chi connectivity index (χ3n) is 3.40. The number of hydrogen-bond acceptors (Lipinski definition) is 7. The molecular formula is C13H15N5O4. The fraction of sp³-hybridized carbons (Fsp3) is 0.385. The first-order chi connectivity index (χ1) is 10.7. The zero-order chi connectivity index (χ0) is 15.5. The van der Waals surface area contributed by atoms with E-state index in [1.807, 2.05) is 4.90 Å². The molecule has 1 aliphatic heterocycles. The average Bonchev–Trinajstić information content (AvgIpc) is 2.96. The maximum absolute atomic E-state index is 11.2. The number of anilines is 1. The molecule has 3 rings (SSSR count). The van der Waals surface area contributed by atoms with Gasteiger partial charge in [-0.1, -0.05) is 0 Å². The highest BCUT2D eigenvalue weighted by molar-refractivity contribution is 5.87. The van der Waals surface area contributed by atoms with Gasteiger partial charge in [0.05, 0.1) is 19.0 Å². The van der Waals surface area contributed by atoms with E-state index in [4.69, 9.17) is 14.9 Å². The minimum atomic E-state index is -1.05. The zero-order valence-corrected chi connectivity index (χ0v) is 11.7. The maximum Gasteiger partial charge on any atom is 0.356 e. The predicted octanol–water partition coefficient (Wildman–Crippen LogP) is -0.168. The zero-order valence-electron chi connectivity index (χ0n) is 11.7. The summed E-state index contributed by atoms with van der Waals surface area (Å²) in [6, 6.07) is 0. The van der Waals surface area contributed by atoms with E-state index in [1.54, 1.807) is 6.20 Å². The van der Waals surface area contributed by atoms with Crippen LogP contribution in [0, 0.1) is 0 Å². The van der Waals surface area contributed by atoms with Gasteiger partial charge in [-0.05, 0) is 0 Å². The van der Waals surface area contributed by atoms with Crippen LogP contribution >= 0.6 is 0 Å². The van der Waals surface area contributed by atoms with Crippen LogP contribution in [0.2, 0.25) is 0 Å². The summed E-state index contributed by atoms with van der Waals surface area (Å²) >= 11 is 0. The first-order valence-electron chi connectivity index (χ1n) is 6.79. The SMILES string of the molecule is O=C(O)c1n[nH]c2c1CN(c1cncc(OCCO)n1)CC2. The number of aromatic carboxylic acids is 1.